The van der Waals surface area contributed by atoms with Crippen LogP contribution in [0.5, 0.6) is 0 Å². The summed E-state index contributed by atoms with van der Waals surface area (Å²) < 4.78 is 5.49. The Morgan fingerprint density at radius 2 is 2.00 bits per heavy atom. The van der Waals surface area contributed by atoms with Gasteiger partial charge in [-0.15, -0.1) is 0 Å². The standard InChI is InChI=1S/C18H22N6O/c1-2-14(12-19-4-1)24-5-3-15-16(13-10-20-11-13)21-18(22-17(15)24)23-6-8-25-9-7-23/h1-2,4,12-13,20H,3,5-11H2. The first-order valence-electron chi connectivity index (χ1n) is 9.02. The first kappa shape index (κ1) is 15.0. The number of nitrogens with one attached hydrogen (secondary N) is 1. The molecule has 0 aromatic carbocycles. The van der Waals surface area contributed by atoms with E-state index >= 15 is 0 Å². The minimum Gasteiger partial charge on any atom is -0.378 e. The lowest BCUT2D eigenvalue weighted by atomic mass is 9.94. The zero-order valence-corrected chi connectivity index (χ0v) is 14.2. The van der Waals surface area contributed by atoms with E-state index in [0.29, 0.717) is 5.92 Å². The van der Waals surface area contributed by atoms with Crippen LogP contribution in [0.4, 0.5) is 17.5 Å². The van der Waals surface area contributed by atoms with Crippen molar-refractivity contribution < 1.29 is 4.74 Å². The van der Waals surface area contributed by atoms with Crippen molar-refractivity contribution in [2.45, 2.75) is 12.3 Å². The van der Waals surface area contributed by atoms with Crippen molar-refractivity contribution in [3.8, 4) is 0 Å². The Balaban J connectivity index is 1.58. The highest BCUT2D eigenvalue weighted by molar-refractivity contribution is 5.68. The van der Waals surface area contributed by atoms with Crippen LogP contribution in [0, 0.1) is 0 Å². The van der Waals surface area contributed by atoms with E-state index in [2.05, 4.69) is 26.2 Å². The number of fused-ring (bicyclic) bond motifs is 1. The molecular weight excluding hydrogens is 316 g/mol. The number of hydrogen-bond acceptors (Lipinski definition) is 7. The topological polar surface area (TPSA) is 66.4 Å². The summed E-state index contributed by atoms with van der Waals surface area (Å²) in [6, 6.07) is 4.08. The Kier molecular flexibility index (Phi) is 3.75. The second kappa shape index (κ2) is 6.24. The molecule has 7 heteroatoms. The minimum atomic E-state index is 0.505. The van der Waals surface area contributed by atoms with E-state index in [1.807, 2.05) is 18.5 Å². The van der Waals surface area contributed by atoms with Gasteiger partial charge in [-0.25, -0.2) is 4.98 Å². The monoisotopic (exact) mass is 338 g/mol. The molecule has 0 amide bonds. The van der Waals surface area contributed by atoms with E-state index in [1.165, 1.54) is 11.3 Å². The lowest BCUT2D eigenvalue weighted by Crippen LogP contribution is -2.42. The van der Waals surface area contributed by atoms with Crippen molar-refractivity contribution in [1.29, 1.82) is 0 Å². The van der Waals surface area contributed by atoms with Gasteiger partial charge in [0.25, 0.3) is 0 Å². The van der Waals surface area contributed by atoms with E-state index in [1.54, 1.807) is 0 Å². The summed E-state index contributed by atoms with van der Waals surface area (Å²) in [6.07, 6.45) is 4.72. The third-order valence-electron chi connectivity index (χ3n) is 5.27. The Morgan fingerprint density at radius 1 is 1.12 bits per heavy atom. The number of nitrogens with zero attached hydrogens (tertiary/aromatic N) is 5. The molecule has 0 bridgehead atoms. The number of pyridine rings is 1. The molecule has 2 aromatic heterocycles. The van der Waals surface area contributed by atoms with E-state index in [9.17, 15) is 0 Å². The van der Waals surface area contributed by atoms with Crippen LogP contribution in [-0.4, -0.2) is 60.9 Å². The average molecular weight is 338 g/mol. The molecule has 0 radical (unpaired) electrons. The number of aromatic nitrogens is 3. The summed E-state index contributed by atoms with van der Waals surface area (Å²) in [6.45, 7) is 6.16. The van der Waals surface area contributed by atoms with Crippen molar-refractivity contribution in [2.24, 2.45) is 0 Å². The fourth-order valence-electron chi connectivity index (χ4n) is 3.76. The maximum Gasteiger partial charge on any atom is 0.227 e. The minimum absolute atomic E-state index is 0.505. The molecule has 5 rings (SSSR count). The molecule has 0 saturated carbocycles. The molecule has 2 aromatic rings. The first-order valence-corrected chi connectivity index (χ1v) is 9.02. The zero-order chi connectivity index (χ0) is 16.6. The van der Waals surface area contributed by atoms with Crippen LogP contribution in [0.15, 0.2) is 24.5 Å². The second-order valence-corrected chi connectivity index (χ2v) is 6.78. The summed E-state index contributed by atoms with van der Waals surface area (Å²) in [4.78, 5) is 18.8. The van der Waals surface area contributed by atoms with Crippen LogP contribution in [0.1, 0.15) is 17.2 Å². The fraction of sp³-hybridized carbons (Fsp3) is 0.500. The van der Waals surface area contributed by atoms with Gasteiger partial charge >= 0.3 is 0 Å². The number of anilines is 3. The van der Waals surface area contributed by atoms with Gasteiger partial charge in [0, 0.05) is 50.4 Å². The van der Waals surface area contributed by atoms with Crippen molar-refractivity contribution in [2.75, 3.05) is 55.7 Å². The quantitative estimate of drug-likeness (QED) is 0.898. The number of ether oxygens (including phenoxy) is 1. The average Bonchev–Trinajstić information content (AvgIpc) is 3.06. The summed E-state index contributed by atoms with van der Waals surface area (Å²) in [7, 11) is 0. The van der Waals surface area contributed by atoms with Crippen molar-refractivity contribution in [3.05, 3.63) is 35.8 Å². The van der Waals surface area contributed by atoms with E-state index in [-0.39, 0.29) is 0 Å². The van der Waals surface area contributed by atoms with Crippen molar-refractivity contribution >= 4 is 17.5 Å². The summed E-state index contributed by atoms with van der Waals surface area (Å²) in [5.41, 5.74) is 3.65. The predicted molar refractivity (Wildman–Crippen MR) is 95.6 cm³/mol. The van der Waals surface area contributed by atoms with Gasteiger partial charge in [0.05, 0.1) is 30.8 Å². The van der Waals surface area contributed by atoms with Crippen LogP contribution in [0.2, 0.25) is 0 Å². The number of rotatable bonds is 3. The lowest BCUT2D eigenvalue weighted by molar-refractivity contribution is 0.122. The molecule has 3 aliphatic heterocycles. The molecule has 3 aliphatic rings. The molecule has 25 heavy (non-hydrogen) atoms. The normalized spacial score (nSPS) is 20.5. The summed E-state index contributed by atoms with van der Waals surface area (Å²) in [5.74, 6) is 2.41. The van der Waals surface area contributed by atoms with E-state index in [4.69, 9.17) is 14.7 Å². The lowest BCUT2D eigenvalue weighted by Gasteiger charge is -2.32. The maximum atomic E-state index is 5.49. The van der Waals surface area contributed by atoms with Crippen molar-refractivity contribution in [3.63, 3.8) is 0 Å². The van der Waals surface area contributed by atoms with Gasteiger partial charge in [-0.3, -0.25) is 4.98 Å². The molecule has 0 spiro atoms. The number of hydrogen-bond donors (Lipinski definition) is 1. The van der Waals surface area contributed by atoms with Gasteiger partial charge < -0.3 is 19.9 Å². The van der Waals surface area contributed by atoms with Gasteiger partial charge in [0.1, 0.15) is 5.82 Å². The van der Waals surface area contributed by atoms with Crippen LogP contribution in [0.25, 0.3) is 0 Å². The predicted octanol–water partition coefficient (Wildman–Crippen LogP) is 1.09. The Bertz CT molecular complexity index is 758. The smallest absolute Gasteiger partial charge is 0.227 e. The summed E-state index contributed by atoms with van der Waals surface area (Å²) in [5, 5.41) is 3.38. The highest BCUT2D eigenvalue weighted by atomic mass is 16.5. The van der Waals surface area contributed by atoms with E-state index in [0.717, 1.165) is 69.8 Å². The molecule has 0 atom stereocenters. The highest BCUT2D eigenvalue weighted by Crippen LogP contribution is 2.38. The largest absolute Gasteiger partial charge is 0.378 e. The zero-order valence-electron chi connectivity index (χ0n) is 14.2. The Hall–Kier alpha value is -2.25. The third-order valence-corrected chi connectivity index (χ3v) is 5.27. The van der Waals surface area contributed by atoms with Crippen LogP contribution < -0.4 is 15.1 Å². The number of morpholine rings is 1. The van der Waals surface area contributed by atoms with Gasteiger partial charge in [0.2, 0.25) is 5.95 Å². The molecule has 130 valence electrons. The Morgan fingerprint density at radius 3 is 2.72 bits per heavy atom. The molecule has 1 N–H and O–H groups in total. The highest BCUT2D eigenvalue weighted by Gasteiger charge is 2.33. The third kappa shape index (κ3) is 2.63. The molecule has 2 saturated heterocycles. The first-order chi connectivity index (χ1) is 12.4. The van der Waals surface area contributed by atoms with Gasteiger partial charge in [-0.2, -0.15) is 4.98 Å². The Labute approximate surface area is 147 Å². The van der Waals surface area contributed by atoms with E-state index < -0.39 is 0 Å². The SMILES string of the molecule is c1cncc(N2CCc3c(C4CNC4)nc(N4CCOCC4)nc32)c1. The molecule has 0 unspecified atom stereocenters. The molecule has 2 fully saturated rings. The van der Waals surface area contributed by atoms with Gasteiger partial charge in [-0.1, -0.05) is 0 Å². The van der Waals surface area contributed by atoms with Crippen LogP contribution >= 0.6 is 0 Å². The summed E-state index contributed by atoms with van der Waals surface area (Å²) >= 11 is 0. The maximum absolute atomic E-state index is 5.49. The molecule has 5 heterocycles. The molecular formula is C18H22N6O. The van der Waals surface area contributed by atoms with Gasteiger partial charge in [0.15, 0.2) is 0 Å². The van der Waals surface area contributed by atoms with Crippen LogP contribution in [-0.2, 0) is 11.2 Å². The molecule has 0 aliphatic carbocycles. The van der Waals surface area contributed by atoms with Gasteiger partial charge in [-0.05, 0) is 18.6 Å². The van der Waals surface area contributed by atoms with Crippen molar-refractivity contribution in [1.82, 2.24) is 20.3 Å². The fourth-order valence-corrected chi connectivity index (χ4v) is 3.76. The second-order valence-electron chi connectivity index (χ2n) is 6.78. The van der Waals surface area contributed by atoms with Crippen LogP contribution in [0.3, 0.4) is 0 Å². The molecule has 7 nitrogen and oxygen atoms in total.